The Kier molecular flexibility index (Phi) is 11.7. The maximum Gasteiger partial charge on any atom is 0.129 e. The second-order valence-electron chi connectivity index (χ2n) is 5.95. The van der Waals surface area contributed by atoms with E-state index >= 15 is 0 Å². The van der Waals surface area contributed by atoms with Crippen LogP contribution in [0.1, 0.15) is 60.3 Å². The van der Waals surface area contributed by atoms with Crippen LogP contribution >= 0.6 is 0 Å². The molecule has 0 N–H and O–H groups in total. The summed E-state index contributed by atoms with van der Waals surface area (Å²) in [6.45, 7) is 18.8. The number of hydrogen-bond acceptors (Lipinski definition) is 1. The predicted octanol–water partition coefficient (Wildman–Crippen LogP) is 7.31. The lowest BCUT2D eigenvalue weighted by Crippen LogP contribution is -2.02. The molecular formula is C23H36O. The van der Waals surface area contributed by atoms with Crippen molar-refractivity contribution in [1.82, 2.24) is 0 Å². The Morgan fingerprint density at radius 3 is 2.04 bits per heavy atom. The highest BCUT2D eigenvalue weighted by atomic mass is 16.5. The van der Waals surface area contributed by atoms with Crippen LogP contribution in [-0.4, -0.2) is 7.11 Å². The molecule has 0 saturated heterocycles. The van der Waals surface area contributed by atoms with E-state index in [2.05, 4.69) is 46.1 Å². The zero-order chi connectivity index (χ0) is 18.5. The largest absolute Gasteiger partial charge is 0.496 e. The molecule has 0 rings (SSSR count). The molecule has 1 nitrogen and oxygen atoms in total. The second-order valence-corrected chi connectivity index (χ2v) is 5.95. The Bertz CT molecular complexity index is 522. The van der Waals surface area contributed by atoms with Gasteiger partial charge in [0.25, 0.3) is 0 Å². The maximum atomic E-state index is 5.61. The van der Waals surface area contributed by atoms with Crippen molar-refractivity contribution in [2.24, 2.45) is 5.92 Å². The monoisotopic (exact) mass is 328 g/mol. The Balaban J connectivity index is 6.06. The first-order valence-corrected chi connectivity index (χ1v) is 9.11. The number of ether oxygens (including phenoxy) is 1. The molecule has 0 aromatic carbocycles. The fourth-order valence-electron chi connectivity index (χ4n) is 2.95. The van der Waals surface area contributed by atoms with Crippen molar-refractivity contribution in [2.75, 3.05) is 7.11 Å². The summed E-state index contributed by atoms with van der Waals surface area (Å²) in [5.74, 6) is 1.51. The van der Waals surface area contributed by atoms with Crippen LogP contribution in [0, 0.1) is 5.92 Å². The molecule has 0 amide bonds. The van der Waals surface area contributed by atoms with Crippen LogP contribution in [-0.2, 0) is 4.74 Å². The lowest BCUT2D eigenvalue weighted by Gasteiger charge is -2.17. The number of rotatable bonds is 11. The number of allylic oxidation sites excluding steroid dienone is 9. The van der Waals surface area contributed by atoms with Gasteiger partial charge in [-0.3, -0.25) is 0 Å². The van der Waals surface area contributed by atoms with Gasteiger partial charge in [-0.1, -0.05) is 76.3 Å². The van der Waals surface area contributed by atoms with E-state index in [9.17, 15) is 0 Å². The standard InChI is InChI=1S/C23H36O/c1-9-15-21(19(11-3)12-4)17-16-20(13-5)22(14-6)23(24-8)18(7)10-2/h10,13-14,16-17,19H,5-6,9,11-12,15H2,1-4,7-8H3/b18-10-,20-16+,21-17+,23-22-. The Morgan fingerprint density at radius 2 is 1.67 bits per heavy atom. The Hall–Kier alpha value is -1.76. The van der Waals surface area contributed by atoms with Crippen LogP contribution in [0.4, 0.5) is 0 Å². The average Bonchev–Trinajstić information content (AvgIpc) is 2.61. The molecule has 0 saturated carbocycles. The van der Waals surface area contributed by atoms with Crippen molar-refractivity contribution in [2.45, 2.75) is 60.3 Å². The van der Waals surface area contributed by atoms with Crippen LogP contribution in [0.2, 0.25) is 0 Å². The molecule has 0 aromatic heterocycles. The molecule has 1 heteroatoms. The van der Waals surface area contributed by atoms with Gasteiger partial charge in [-0.05, 0) is 50.2 Å². The van der Waals surface area contributed by atoms with E-state index < -0.39 is 0 Å². The van der Waals surface area contributed by atoms with E-state index in [0.717, 1.165) is 28.9 Å². The van der Waals surface area contributed by atoms with Crippen molar-refractivity contribution in [1.29, 1.82) is 0 Å². The minimum Gasteiger partial charge on any atom is -0.496 e. The summed E-state index contributed by atoms with van der Waals surface area (Å²) in [5.41, 5.74) is 4.65. The minimum absolute atomic E-state index is 0.655. The SMILES string of the molecule is C=CC(=C(OC)\C(C)=C/C)/C(C=C)=C/C=C(\CCC)C(CC)CC. The van der Waals surface area contributed by atoms with E-state index in [-0.39, 0.29) is 0 Å². The van der Waals surface area contributed by atoms with Crippen LogP contribution in [0.25, 0.3) is 0 Å². The summed E-state index contributed by atoms with van der Waals surface area (Å²) < 4.78 is 5.61. The molecule has 0 unspecified atom stereocenters. The van der Waals surface area contributed by atoms with Gasteiger partial charge in [-0.2, -0.15) is 0 Å². The number of methoxy groups -OCH3 is 1. The average molecular weight is 329 g/mol. The summed E-state index contributed by atoms with van der Waals surface area (Å²) in [4.78, 5) is 0. The van der Waals surface area contributed by atoms with Crippen LogP contribution < -0.4 is 0 Å². The van der Waals surface area contributed by atoms with E-state index in [0.29, 0.717) is 5.92 Å². The van der Waals surface area contributed by atoms with E-state index in [1.54, 1.807) is 7.11 Å². The third kappa shape index (κ3) is 6.39. The molecule has 24 heavy (non-hydrogen) atoms. The quantitative estimate of drug-likeness (QED) is 0.285. The van der Waals surface area contributed by atoms with E-state index in [1.807, 2.05) is 32.1 Å². The molecule has 0 aliphatic heterocycles. The summed E-state index contributed by atoms with van der Waals surface area (Å²) in [5, 5.41) is 0. The molecule has 0 fully saturated rings. The van der Waals surface area contributed by atoms with Crippen LogP contribution in [0.5, 0.6) is 0 Å². The molecule has 0 aliphatic carbocycles. The van der Waals surface area contributed by atoms with E-state index in [4.69, 9.17) is 4.74 Å². The van der Waals surface area contributed by atoms with Gasteiger partial charge in [0.1, 0.15) is 5.76 Å². The highest BCUT2D eigenvalue weighted by molar-refractivity contribution is 5.52. The highest BCUT2D eigenvalue weighted by Gasteiger charge is 2.11. The Morgan fingerprint density at radius 1 is 1.04 bits per heavy atom. The molecule has 0 radical (unpaired) electrons. The van der Waals surface area contributed by atoms with Gasteiger partial charge in [0.2, 0.25) is 0 Å². The van der Waals surface area contributed by atoms with Gasteiger partial charge in [-0.15, -0.1) is 0 Å². The smallest absolute Gasteiger partial charge is 0.129 e. The molecule has 0 heterocycles. The maximum absolute atomic E-state index is 5.61. The molecule has 0 aliphatic rings. The van der Waals surface area contributed by atoms with Gasteiger partial charge < -0.3 is 4.74 Å². The topological polar surface area (TPSA) is 9.23 Å². The van der Waals surface area contributed by atoms with E-state index in [1.165, 1.54) is 24.8 Å². The van der Waals surface area contributed by atoms with Crippen molar-refractivity contribution in [3.63, 3.8) is 0 Å². The summed E-state index contributed by atoms with van der Waals surface area (Å²) in [6, 6.07) is 0. The van der Waals surface area contributed by atoms with Crippen molar-refractivity contribution in [3.8, 4) is 0 Å². The second kappa shape index (κ2) is 12.6. The first-order valence-electron chi connectivity index (χ1n) is 9.11. The molecule has 0 atom stereocenters. The Labute approximate surface area is 150 Å². The van der Waals surface area contributed by atoms with Gasteiger partial charge in [0.15, 0.2) is 0 Å². The van der Waals surface area contributed by atoms with Gasteiger partial charge in [-0.25, -0.2) is 0 Å². The third-order valence-corrected chi connectivity index (χ3v) is 4.50. The lowest BCUT2D eigenvalue weighted by atomic mass is 9.89. The summed E-state index contributed by atoms with van der Waals surface area (Å²) >= 11 is 0. The minimum atomic E-state index is 0.655. The van der Waals surface area contributed by atoms with Crippen molar-refractivity contribution >= 4 is 0 Å². The number of hydrogen-bond donors (Lipinski definition) is 0. The van der Waals surface area contributed by atoms with Crippen molar-refractivity contribution < 1.29 is 4.74 Å². The predicted molar refractivity (Wildman–Crippen MR) is 109 cm³/mol. The fourth-order valence-corrected chi connectivity index (χ4v) is 2.95. The molecule has 0 bridgehead atoms. The molecule has 0 spiro atoms. The first kappa shape index (κ1) is 22.2. The van der Waals surface area contributed by atoms with Crippen LogP contribution in [0.15, 0.2) is 71.6 Å². The third-order valence-electron chi connectivity index (χ3n) is 4.50. The normalized spacial score (nSPS) is 14.5. The zero-order valence-corrected chi connectivity index (χ0v) is 16.6. The van der Waals surface area contributed by atoms with Crippen LogP contribution in [0.3, 0.4) is 0 Å². The summed E-state index contributed by atoms with van der Waals surface area (Å²) in [7, 11) is 1.70. The molecular weight excluding hydrogens is 292 g/mol. The van der Waals surface area contributed by atoms with Gasteiger partial charge in [0, 0.05) is 5.57 Å². The molecule has 134 valence electrons. The van der Waals surface area contributed by atoms with Gasteiger partial charge >= 0.3 is 0 Å². The highest BCUT2D eigenvalue weighted by Crippen LogP contribution is 2.26. The summed E-state index contributed by atoms with van der Waals surface area (Å²) in [6.07, 6.45) is 14.9. The molecule has 0 aromatic rings. The van der Waals surface area contributed by atoms with Gasteiger partial charge in [0.05, 0.1) is 7.11 Å². The zero-order valence-electron chi connectivity index (χ0n) is 16.6. The lowest BCUT2D eigenvalue weighted by molar-refractivity contribution is 0.298. The van der Waals surface area contributed by atoms with Crippen molar-refractivity contribution in [3.05, 3.63) is 71.6 Å². The first-order chi connectivity index (χ1) is 11.5. The fraction of sp³-hybridized carbons (Fsp3) is 0.478.